The number of rotatable bonds is 5. The van der Waals surface area contributed by atoms with Crippen molar-refractivity contribution in [3.8, 4) is 0 Å². The van der Waals surface area contributed by atoms with Crippen LogP contribution in [0.4, 0.5) is 13.2 Å². The Morgan fingerprint density at radius 2 is 1.88 bits per heavy atom. The number of nitrogens with two attached hydrogens (primary N) is 1. The van der Waals surface area contributed by atoms with E-state index in [1.807, 2.05) is 0 Å². The minimum Gasteiger partial charge on any atom is -0.395 e. The normalized spacial score (nSPS) is 12.4. The molecule has 0 fully saturated rings. The van der Waals surface area contributed by atoms with Crippen LogP contribution in [0.2, 0.25) is 0 Å². The molecule has 0 aliphatic carbocycles. The number of hydrogen-bond donors (Lipinski definition) is 2. The zero-order chi connectivity index (χ0) is 13.9. The number of halogens is 3. The van der Waals surface area contributed by atoms with Gasteiger partial charge in [0.2, 0.25) is 5.91 Å². The number of aliphatic hydroxyl groups excluding tert-OH is 1. The van der Waals surface area contributed by atoms with E-state index in [1.54, 1.807) is 0 Å². The summed E-state index contributed by atoms with van der Waals surface area (Å²) in [5, 5.41) is 8.66. The van der Waals surface area contributed by atoms with E-state index < -0.39 is 37.2 Å². The Morgan fingerprint density at radius 1 is 1.41 bits per heavy atom. The van der Waals surface area contributed by atoms with E-state index in [1.165, 1.54) is 13.8 Å². The van der Waals surface area contributed by atoms with E-state index in [0.29, 0.717) is 4.90 Å². The Kier molecular flexibility index (Phi) is 5.34. The fourth-order valence-corrected chi connectivity index (χ4v) is 1.18. The van der Waals surface area contributed by atoms with Crippen molar-refractivity contribution in [3.05, 3.63) is 0 Å². The van der Waals surface area contributed by atoms with Crippen LogP contribution in [-0.4, -0.2) is 46.8 Å². The lowest BCUT2D eigenvalue weighted by molar-refractivity contribution is -0.165. The van der Waals surface area contributed by atoms with Crippen LogP contribution >= 0.6 is 12.2 Å². The fourth-order valence-electron chi connectivity index (χ4n) is 1.09. The number of alkyl halides is 3. The van der Waals surface area contributed by atoms with Crippen LogP contribution in [0, 0.1) is 5.41 Å². The van der Waals surface area contributed by atoms with Crippen LogP contribution in [0.1, 0.15) is 13.8 Å². The molecule has 4 nitrogen and oxygen atoms in total. The first-order chi connectivity index (χ1) is 7.52. The number of nitrogens with zero attached hydrogens (tertiary/aromatic N) is 1. The van der Waals surface area contributed by atoms with Crippen LogP contribution in [-0.2, 0) is 4.79 Å². The van der Waals surface area contributed by atoms with E-state index in [4.69, 9.17) is 10.8 Å². The second-order valence-corrected chi connectivity index (χ2v) is 4.49. The van der Waals surface area contributed by atoms with Gasteiger partial charge in [0, 0.05) is 6.54 Å². The monoisotopic (exact) mass is 272 g/mol. The molecule has 0 aromatic carbocycles. The summed E-state index contributed by atoms with van der Waals surface area (Å²) in [7, 11) is 0. The summed E-state index contributed by atoms with van der Waals surface area (Å²) >= 11 is 4.64. The van der Waals surface area contributed by atoms with Crippen molar-refractivity contribution in [2.75, 3.05) is 19.7 Å². The summed E-state index contributed by atoms with van der Waals surface area (Å²) < 4.78 is 36.7. The Balaban J connectivity index is 4.95. The van der Waals surface area contributed by atoms with Gasteiger partial charge >= 0.3 is 6.18 Å². The predicted molar refractivity (Wildman–Crippen MR) is 60.3 cm³/mol. The van der Waals surface area contributed by atoms with E-state index >= 15 is 0 Å². The standard InChI is InChI=1S/C9H15F3N2O2S/c1-8(2,6(13)17)7(16)14(3-4-15)5-9(10,11)12/h15H,3-5H2,1-2H3,(H2,13,17). The third-order valence-electron chi connectivity index (χ3n) is 2.18. The van der Waals surface area contributed by atoms with Crippen molar-refractivity contribution >= 4 is 23.1 Å². The summed E-state index contributed by atoms with van der Waals surface area (Å²) in [6, 6.07) is 0. The van der Waals surface area contributed by atoms with Crippen molar-refractivity contribution in [2.45, 2.75) is 20.0 Å². The molecule has 0 aliphatic rings. The van der Waals surface area contributed by atoms with Gasteiger partial charge in [-0.15, -0.1) is 0 Å². The van der Waals surface area contributed by atoms with Crippen molar-refractivity contribution in [2.24, 2.45) is 11.1 Å². The highest BCUT2D eigenvalue weighted by atomic mass is 32.1. The lowest BCUT2D eigenvalue weighted by atomic mass is 9.91. The molecule has 0 aromatic rings. The highest BCUT2D eigenvalue weighted by molar-refractivity contribution is 7.80. The Labute approximate surface area is 103 Å². The highest BCUT2D eigenvalue weighted by Gasteiger charge is 2.39. The molecular formula is C9H15F3N2O2S. The minimum absolute atomic E-state index is 0.187. The third kappa shape index (κ3) is 4.86. The Bertz CT molecular complexity index is 305. The van der Waals surface area contributed by atoms with Crippen LogP contribution in [0.5, 0.6) is 0 Å². The van der Waals surface area contributed by atoms with Gasteiger partial charge in [-0.2, -0.15) is 13.2 Å². The van der Waals surface area contributed by atoms with Gasteiger partial charge in [-0.05, 0) is 13.8 Å². The maximum Gasteiger partial charge on any atom is 0.406 e. The largest absolute Gasteiger partial charge is 0.406 e. The summed E-state index contributed by atoms with van der Waals surface area (Å²) in [6.45, 7) is 0.287. The van der Waals surface area contributed by atoms with E-state index in [2.05, 4.69) is 12.2 Å². The van der Waals surface area contributed by atoms with Crippen molar-refractivity contribution in [3.63, 3.8) is 0 Å². The van der Waals surface area contributed by atoms with Crippen LogP contribution in [0.25, 0.3) is 0 Å². The SMILES string of the molecule is CC(C)(C(=O)N(CCO)CC(F)(F)F)C(N)=S. The molecule has 0 unspecified atom stereocenters. The lowest BCUT2D eigenvalue weighted by Gasteiger charge is -2.31. The number of aliphatic hydroxyl groups is 1. The third-order valence-corrected chi connectivity index (χ3v) is 2.69. The maximum atomic E-state index is 12.2. The first-order valence-electron chi connectivity index (χ1n) is 4.79. The molecule has 8 heteroatoms. The molecule has 0 radical (unpaired) electrons. The average Bonchev–Trinajstić information content (AvgIpc) is 2.13. The summed E-state index contributed by atoms with van der Waals surface area (Å²) in [4.78, 5) is 12.1. The number of carbonyl (C=O) groups excluding carboxylic acids is 1. The van der Waals surface area contributed by atoms with E-state index in [0.717, 1.165) is 0 Å². The summed E-state index contributed by atoms with van der Waals surface area (Å²) in [5.41, 5.74) is 3.94. The number of hydrogen-bond acceptors (Lipinski definition) is 3. The van der Waals surface area contributed by atoms with Gasteiger partial charge in [0.25, 0.3) is 0 Å². The van der Waals surface area contributed by atoms with Gasteiger partial charge in [0.15, 0.2) is 0 Å². The predicted octanol–water partition coefficient (Wildman–Crippen LogP) is 0.682. The zero-order valence-electron chi connectivity index (χ0n) is 9.54. The zero-order valence-corrected chi connectivity index (χ0v) is 10.4. The molecule has 0 atom stereocenters. The van der Waals surface area contributed by atoms with Gasteiger partial charge in [0.05, 0.1) is 17.0 Å². The van der Waals surface area contributed by atoms with Crippen molar-refractivity contribution in [1.29, 1.82) is 0 Å². The molecule has 1 amide bonds. The smallest absolute Gasteiger partial charge is 0.395 e. The number of amides is 1. The second kappa shape index (κ2) is 5.63. The molecule has 3 N–H and O–H groups in total. The van der Waals surface area contributed by atoms with Gasteiger partial charge in [-0.3, -0.25) is 4.79 Å². The molecule has 0 bridgehead atoms. The van der Waals surface area contributed by atoms with Crippen molar-refractivity contribution in [1.82, 2.24) is 4.90 Å². The molecular weight excluding hydrogens is 257 g/mol. The van der Waals surface area contributed by atoms with E-state index in [9.17, 15) is 18.0 Å². The quantitative estimate of drug-likeness (QED) is 0.722. The summed E-state index contributed by atoms with van der Waals surface area (Å²) in [6.07, 6.45) is -4.53. The lowest BCUT2D eigenvalue weighted by Crippen LogP contribution is -2.50. The molecule has 0 saturated carbocycles. The molecule has 0 heterocycles. The van der Waals surface area contributed by atoms with Gasteiger partial charge < -0.3 is 15.7 Å². The van der Waals surface area contributed by atoms with Crippen LogP contribution in [0.15, 0.2) is 0 Å². The topological polar surface area (TPSA) is 66.6 Å². The molecule has 0 rings (SSSR count). The average molecular weight is 272 g/mol. The minimum atomic E-state index is -4.53. The fraction of sp³-hybridized carbons (Fsp3) is 0.778. The molecule has 0 aromatic heterocycles. The number of carbonyl (C=O) groups is 1. The molecule has 100 valence electrons. The molecule has 0 spiro atoms. The second-order valence-electron chi connectivity index (χ2n) is 4.05. The molecule has 17 heavy (non-hydrogen) atoms. The first kappa shape index (κ1) is 16.1. The first-order valence-corrected chi connectivity index (χ1v) is 5.20. The van der Waals surface area contributed by atoms with Gasteiger partial charge in [-0.1, -0.05) is 12.2 Å². The van der Waals surface area contributed by atoms with Gasteiger partial charge in [0.1, 0.15) is 6.54 Å². The Morgan fingerprint density at radius 3 is 2.18 bits per heavy atom. The Hall–Kier alpha value is -0.890. The highest BCUT2D eigenvalue weighted by Crippen LogP contribution is 2.23. The molecule has 0 aliphatic heterocycles. The number of thiocarbonyl (C=S) groups is 1. The van der Waals surface area contributed by atoms with Crippen LogP contribution in [0.3, 0.4) is 0 Å². The molecule has 0 saturated heterocycles. The van der Waals surface area contributed by atoms with Crippen LogP contribution < -0.4 is 5.73 Å². The van der Waals surface area contributed by atoms with Crippen molar-refractivity contribution < 1.29 is 23.1 Å². The van der Waals surface area contributed by atoms with E-state index in [-0.39, 0.29) is 4.99 Å². The maximum absolute atomic E-state index is 12.2. The summed E-state index contributed by atoms with van der Waals surface area (Å²) in [5.74, 6) is -0.851. The van der Waals surface area contributed by atoms with Gasteiger partial charge in [-0.25, -0.2) is 0 Å².